The first-order valence-corrected chi connectivity index (χ1v) is 3.28. The van der Waals surface area contributed by atoms with Crippen LogP contribution in [0.2, 0.25) is 0 Å². The fourth-order valence-electron chi connectivity index (χ4n) is 0.555. The summed E-state index contributed by atoms with van der Waals surface area (Å²) in [5, 5.41) is 2.87. The maximum atomic E-state index is 5.28. The summed E-state index contributed by atoms with van der Waals surface area (Å²) in [5.41, 5.74) is 0. The Balaban J connectivity index is 2.28. The minimum absolute atomic E-state index is 0.260. The van der Waals surface area contributed by atoms with Gasteiger partial charge in [-0.1, -0.05) is 0 Å². The highest BCUT2D eigenvalue weighted by molar-refractivity contribution is 4.34. The molecule has 4 nitrogen and oxygen atoms in total. The highest BCUT2D eigenvalue weighted by Gasteiger charge is 1.98. The fraction of sp³-hybridized carbons (Fsp3) is 0.667. The third-order valence-corrected chi connectivity index (χ3v) is 1.05. The molecule has 56 valence electrons. The quantitative estimate of drug-likeness (QED) is 0.607. The van der Waals surface area contributed by atoms with Gasteiger partial charge in [0.1, 0.15) is 0 Å². The molecule has 1 heterocycles. The van der Waals surface area contributed by atoms with Gasteiger partial charge in [0.25, 0.3) is 0 Å². The average molecular weight is 142 g/mol. The number of hydrogen-bond acceptors (Lipinski definition) is 2. The first-order chi connectivity index (χ1) is 4.79. The van der Waals surface area contributed by atoms with Crippen LogP contribution in [0, 0.1) is 0 Å². The van der Waals surface area contributed by atoms with E-state index in [9.17, 15) is 0 Å². The van der Waals surface area contributed by atoms with Crippen molar-refractivity contribution in [3.8, 4) is 0 Å². The molecule has 0 aliphatic heterocycles. The number of nitrogens with one attached hydrogen (secondary N) is 1. The van der Waals surface area contributed by atoms with Crippen LogP contribution in [-0.2, 0) is 11.5 Å². The van der Waals surface area contributed by atoms with Gasteiger partial charge in [0, 0.05) is 0 Å². The molecule has 0 atom stereocenters. The van der Waals surface area contributed by atoms with Crippen molar-refractivity contribution in [2.75, 3.05) is 0 Å². The smallest absolute Gasteiger partial charge is 0.308 e. The van der Waals surface area contributed by atoms with Crippen LogP contribution in [0.5, 0.6) is 0 Å². The minimum atomic E-state index is 0.260. The number of aromatic nitrogens is 3. The van der Waals surface area contributed by atoms with Crippen LogP contribution in [0.4, 0.5) is 0 Å². The van der Waals surface area contributed by atoms with E-state index in [1.165, 1.54) is 0 Å². The van der Waals surface area contributed by atoms with Crippen LogP contribution in [0.3, 0.4) is 0 Å². The summed E-state index contributed by atoms with van der Waals surface area (Å²) >= 11 is 0. The molecule has 0 radical (unpaired) electrons. The Morgan fingerprint density at radius 2 is 2.50 bits per heavy atom. The van der Waals surface area contributed by atoms with Crippen molar-refractivity contribution in [2.24, 2.45) is 0 Å². The van der Waals surface area contributed by atoms with Crippen molar-refractivity contribution >= 4 is 0 Å². The molecule has 0 aliphatic rings. The van der Waals surface area contributed by atoms with Gasteiger partial charge >= 0.3 is 6.33 Å². The van der Waals surface area contributed by atoms with Crippen molar-refractivity contribution in [2.45, 2.75) is 26.7 Å². The Bertz CT molecular complexity index is 171. The summed E-state index contributed by atoms with van der Waals surface area (Å²) in [6.45, 7) is 4.53. The molecule has 0 bridgehead atoms. The zero-order valence-electron chi connectivity index (χ0n) is 6.24. The standard InChI is InChI=1S/C6H11N3O/c1-6(2)10-5-9-4-7-3-8-9/h3-4,6H,5H2,1-2H3/p+1. The molecule has 0 aliphatic carbocycles. The van der Waals surface area contributed by atoms with Gasteiger partial charge in [0.15, 0.2) is 0 Å². The molecular formula is C6H12N3O+. The van der Waals surface area contributed by atoms with Crippen molar-refractivity contribution in [1.29, 1.82) is 0 Å². The van der Waals surface area contributed by atoms with Gasteiger partial charge in [-0.25, -0.2) is 0 Å². The predicted molar refractivity (Wildman–Crippen MR) is 35.0 cm³/mol. The predicted octanol–water partition coefficient (Wildman–Crippen LogP) is 0.0797. The highest BCUT2D eigenvalue weighted by atomic mass is 16.5. The van der Waals surface area contributed by atoms with Crippen molar-refractivity contribution in [1.82, 2.24) is 10.1 Å². The lowest BCUT2D eigenvalue weighted by molar-refractivity contribution is -0.784. The van der Waals surface area contributed by atoms with E-state index in [1.54, 1.807) is 17.3 Å². The molecule has 0 saturated heterocycles. The van der Waals surface area contributed by atoms with Gasteiger partial charge in [0.2, 0.25) is 13.1 Å². The number of ether oxygens (including phenoxy) is 1. The van der Waals surface area contributed by atoms with E-state index in [0.717, 1.165) is 0 Å². The molecule has 0 spiro atoms. The zero-order valence-corrected chi connectivity index (χ0v) is 6.24. The molecule has 0 aromatic carbocycles. The number of hydrogen-bond donors (Lipinski definition) is 1. The van der Waals surface area contributed by atoms with E-state index in [1.807, 2.05) is 13.8 Å². The summed E-state index contributed by atoms with van der Waals surface area (Å²) in [6.07, 6.45) is 3.56. The molecule has 0 fully saturated rings. The number of H-pyrrole nitrogens is 1. The van der Waals surface area contributed by atoms with Gasteiger partial charge in [0.05, 0.1) is 6.10 Å². The van der Waals surface area contributed by atoms with Crippen LogP contribution < -0.4 is 4.68 Å². The highest BCUT2D eigenvalue weighted by Crippen LogP contribution is 1.84. The molecule has 4 heteroatoms. The summed E-state index contributed by atoms with van der Waals surface area (Å²) in [4.78, 5) is 3.83. The Hall–Kier alpha value is -0.900. The van der Waals surface area contributed by atoms with Crippen LogP contribution >= 0.6 is 0 Å². The summed E-state index contributed by atoms with van der Waals surface area (Å²) in [7, 11) is 0. The summed E-state index contributed by atoms with van der Waals surface area (Å²) in [6, 6.07) is 0. The van der Waals surface area contributed by atoms with Crippen LogP contribution in [0.1, 0.15) is 13.8 Å². The Morgan fingerprint density at radius 3 is 3.00 bits per heavy atom. The van der Waals surface area contributed by atoms with Crippen molar-refractivity contribution in [3.05, 3.63) is 12.7 Å². The lowest BCUT2D eigenvalue weighted by Gasteiger charge is -2.02. The van der Waals surface area contributed by atoms with Crippen molar-refractivity contribution < 1.29 is 9.42 Å². The van der Waals surface area contributed by atoms with E-state index in [2.05, 4.69) is 10.1 Å². The number of aromatic amines is 1. The second kappa shape index (κ2) is 3.31. The Labute approximate surface area is 59.8 Å². The van der Waals surface area contributed by atoms with Gasteiger partial charge < -0.3 is 4.74 Å². The number of nitrogens with zero attached hydrogens (tertiary/aromatic N) is 2. The molecule has 1 N–H and O–H groups in total. The molecular weight excluding hydrogens is 130 g/mol. The topological polar surface area (TPSA) is 41.8 Å². The van der Waals surface area contributed by atoms with E-state index < -0.39 is 0 Å². The average Bonchev–Trinajstić information content (AvgIpc) is 2.34. The maximum absolute atomic E-state index is 5.28. The van der Waals surface area contributed by atoms with Gasteiger partial charge in [-0.15, -0.1) is 4.68 Å². The maximum Gasteiger partial charge on any atom is 0.308 e. The van der Waals surface area contributed by atoms with E-state index in [-0.39, 0.29) is 6.10 Å². The lowest BCUT2D eigenvalue weighted by Crippen LogP contribution is -2.37. The Morgan fingerprint density at radius 1 is 1.70 bits per heavy atom. The molecule has 0 saturated carbocycles. The first kappa shape index (κ1) is 7.21. The van der Waals surface area contributed by atoms with Gasteiger partial charge in [-0.2, -0.15) is 5.10 Å². The van der Waals surface area contributed by atoms with E-state index in [4.69, 9.17) is 4.74 Å². The molecule has 1 rings (SSSR count). The zero-order chi connectivity index (χ0) is 7.40. The lowest BCUT2D eigenvalue weighted by atomic mass is 10.5. The SMILES string of the molecule is CC(C)OC[n+]1cnc[nH]1. The summed E-state index contributed by atoms with van der Waals surface area (Å²) in [5.74, 6) is 0. The van der Waals surface area contributed by atoms with Crippen LogP contribution in [0.25, 0.3) is 0 Å². The van der Waals surface area contributed by atoms with E-state index >= 15 is 0 Å². The fourth-order valence-corrected chi connectivity index (χ4v) is 0.555. The third kappa shape index (κ3) is 2.14. The van der Waals surface area contributed by atoms with Crippen LogP contribution in [0.15, 0.2) is 12.7 Å². The minimum Gasteiger partial charge on any atom is -0.337 e. The molecule has 0 unspecified atom stereocenters. The van der Waals surface area contributed by atoms with Crippen molar-refractivity contribution in [3.63, 3.8) is 0 Å². The molecule has 1 aromatic rings. The monoisotopic (exact) mass is 142 g/mol. The second-order valence-electron chi connectivity index (χ2n) is 2.34. The second-order valence-corrected chi connectivity index (χ2v) is 2.34. The van der Waals surface area contributed by atoms with Crippen LogP contribution in [-0.4, -0.2) is 16.2 Å². The van der Waals surface area contributed by atoms with Gasteiger partial charge in [-0.3, -0.25) is 0 Å². The molecule has 0 amide bonds. The number of rotatable bonds is 3. The molecule has 1 aromatic heterocycles. The third-order valence-electron chi connectivity index (χ3n) is 1.05. The molecule has 10 heavy (non-hydrogen) atoms. The largest absolute Gasteiger partial charge is 0.337 e. The van der Waals surface area contributed by atoms with Gasteiger partial charge in [-0.05, 0) is 18.8 Å². The van der Waals surface area contributed by atoms with E-state index in [0.29, 0.717) is 6.73 Å². The summed E-state index contributed by atoms with van der Waals surface area (Å²) < 4.78 is 7.04. The normalized spacial score (nSPS) is 10.7. The Kier molecular flexibility index (Phi) is 2.39. The first-order valence-electron chi connectivity index (χ1n) is 3.28.